The Hall–Kier alpha value is -2.29. The van der Waals surface area contributed by atoms with E-state index in [1.807, 2.05) is 32.0 Å². The average molecular weight is 312 g/mol. The minimum absolute atomic E-state index is 0.152. The van der Waals surface area contributed by atoms with Crippen LogP contribution in [0.25, 0.3) is 0 Å². The maximum Gasteiger partial charge on any atom is 0.316 e. The third kappa shape index (κ3) is 4.59. The van der Waals surface area contributed by atoms with E-state index < -0.39 is 5.41 Å². The third-order valence-electron chi connectivity index (χ3n) is 4.12. The zero-order chi connectivity index (χ0) is 16.9. The number of carbonyl (C=O) groups is 1. The van der Waals surface area contributed by atoms with Crippen LogP contribution in [0.2, 0.25) is 0 Å². The highest BCUT2D eigenvalue weighted by atomic mass is 16.5. The predicted molar refractivity (Wildman–Crippen MR) is 91.6 cm³/mol. The van der Waals surface area contributed by atoms with Crippen LogP contribution < -0.4 is 4.74 Å². The van der Waals surface area contributed by atoms with Crippen LogP contribution in [-0.2, 0) is 4.79 Å². The highest BCUT2D eigenvalue weighted by Gasteiger charge is 2.33. The van der Waals surface area contributed by atoms with E-state index in [9.17, 15) is 9.90 Å². The van der Waals surface area contributed by atoms with Gasteiger partial charge in [0, 0.05) is 0 Å². The molecule has 1 unspecified atom stereocenters. The summed E-state index contributed by atoms with van der Waals surface area (Å²) in [7, 11) is 0. The minimum Gasteiger partial charge on any atom is -0.508 e. The number of phenols is 1. The van der Waals surface area contributed by atoms with Gasteiger partial charge in [-0.1, -0.05) is 37.3 Å². The molecule has 3 nitrogen and oxygen atoms in total. The van der Waals surface area contributed by atoms with Gasteiger partial charge in [-0.3, -0.25) is 4.79 Å². The molecule has 3 heteroatoms. The van der Waals surface area contributed by atoms with E-state index in [-0.39, 0.29) is 11.7 Å². The Morgan fingerprint density at radius 3 is 2.26 bits per heavy atom. The molecule has 2 aromatic rings. The fourth-order valence-corrected chi connectivity index (χ4v) is 2.68. The fraction of sp³-hybridized carbons (Fsp3) is 0.350. The van der Waals surface area contributed by atoms with Crippen molar-refractivity contribution in [3.05, 3.63) is 60.2 Å². The lowest BCUT2D eigenvalue weighted by molar-refractivity contribution is -0.144. The number of aromatic hydroxyl groups is 1. The van der Waals surface area contributed by atoms with Crippen molar-refractivity contribution in [3.63, 3.8) is 0 Å². The molecule has 0 aliphatic carbocycles. The van der Waals surface area contributed by atoms with E-state index in [1.165, 1.54) is 17.7 Å². The van der Waals surface area contributed by atoms with Crippen molar-refractivity contribution in [1.82, 2.24) is 0 Å². The van der Waals surface area contributed by atoms with Gasteiger partial charge in [0.1, 0.15) is 11.5 Å². The fourth-order valence-electron chi connectivity index (χ4n) is 2.68. The summed E-state index contributed by atoms with van der Waals surface area (Å²) in [6.07, 6.45) is 1.70. The van der Waals surface area contributed by atoms with Gasteiger partial charge in [0.15, 0.2) is 0 Å². The molecule has 23 heavy (non-hydrogen) atoms. The zero-order valence-electron chi connectivity index (χ0n) is 14.0. The molecule has 0 fully saturated rings. The second-order valence-electron chi connectivity index (χ2n) is 6.49. The maximum absolute atomic E-state index is 12.5. The maximum atomic E-state index is 12.5. The van der Waals surface area contributed by atoms with E-state index in [1.54, 1.807) is 12.1 Å². The van der Waals surface area contributed by atoms with Crippen LogP contribution in [0.1, 0.15) is 45.1 Å². The van der Waals surface area contributed by atoms with E-state index in [0.717, 1.165) is 12.8 Å². The molecular weight excluding hydrogens is 288 g/mol. The largest absolute Gasteiger partial charge is 0.508 e. The van der Waals surface area contributed by atoms with E-state index in [2.05, 4.69) is 19.1 Å². The average Bonchev–Trinajstić information content (AvgIpc) is 2.55. The molecule has 1 N–H and O–H groups in total. The second kappa shape index (κ2) is 7.32. The van der Waals surface area contributed by atoms with Gasteiger partial charge in [-0.05, 0) is 62.4 Å². The third-order valence-corrected chi connectivity index (χ3v) is 4.12. The molecule has 0 amide bonds. The van der Waals surface area contributed by atoms with Crippen LogP contribution >= 0.6 is 0 Å². The quantitative estimate of drug-likeness (QED) is 0.609. The van der Waals surface area contributed by atoms with Crippen molar-refractivity contribution < 1.29 is 14.6 Å². The Morgan fingerprint density at radius 1 is 1.09 bits per heavy atom. The number of hydrogen-bond donors (Lipinski definition) is 1. The minimum atomic E-state index is -0.589. The Bertz CT molecular complexity index is 630. The lowest BCUT2D eigenvalue weighted by Crippen LogP contribution is -2.30. The Balaban J connectivity index is 2.07. The van der Waals surface area contributed by atoms with Crippen LogP contribution in [0.5, 0.6) is 11.5 Å². The molecule has 0 aliphatic rings. The molecular formula is C20H24O3. The van der Waals surface area contributed by atoms with Gasteiger partial charge in [0.05, 0.1) is 5.41 Å². The van der Waals surface area contributed by atoms with Gasteiger partial charge in [-0.15, -0.1) is 0 Å². The molecule has 0 radical (unpaired) electrons. The number of benzene rings is 2. The van der Waals surface area contributed by atoms with Crippen LogP contribution in [0, 0.1) is 5.41 Å². The number of ether oxygens (including phenoxy) is 1. The summed E-state index contributed by atoms with van der Waals surface area (Å²) >= 11 is 0. The lowest BCUT2D eigenvalue weighted by atomic mass is 9.79. The van der Waals surface area contributed by atoms with Crippen LogP contribution in [-0.4, -0.2) is 11.1 Å². The molecule has 0 saturated heterocycles. The first kappa shape index (κ1) is 17.1. The summed E-state index contributed by atoms with van der Waals surface area (Å²) in [5.41, 5.74) is 0.662. The number of carbonyl (C=O) groups excluding carboxylic acids is 1. The highest BCUT2D eigenvalue weighted by Crippen LogP contribution is 2.35. The Morgan fingerprint density at radius 2 is 1.70 bits per heavy atom. The Kier molecular flexibility index (Phi) is 5.43. The van der Waals surface area contributed by atoms with Crippen LogP contribution in [0.15, 0.2) is 54.6 Å². The molecule has 2 rings (SSSR count). The summed E-state index contributed by atoms with van der Waals surface area (Å²) in [5, 5.41) is 9.29. The first-order chi connectivity index (χ1) is 10.9. The smallest absolute Gasteiger partial charge is 0.316 e. The van der Waals surface area contributed by atoms with Crippen molar-refractivity contribution in [2.24, 2.45) is 5.41 Å². The summed E-state index contributed by atoms with van der Waals surface area (Å²) in [4.78, 5) is 12.5. The van der Waals surface area contributed by atoms with Crippen molar-refractivity contribution in [3.8, 4) is 11.5 Å². The molecule has 0 bridgehead atoms. The normalized spacial score (nSPS) is 12.7. The molecule has 0 aromatic heterocycles. The van der Waals surface area contributed by atoms with E-state index >= 15 is 0 Å². The number of hydrogen-bond acceptors (Lipinski definition) is 3. The van der Waals surface area contributed by atoms with Gasteiger partial charge in [0.2, 0.25) is 0 Å². The summed E-state index contributed by atoms with van der Waals surface area (Å²) in [6.45, 7) is 5.97. The van der Waals surface area contributed by atoms with Gasteiger partial charge >= 0.3 is 5.97 Å². The Labute approximate surface area is 137 Å². The predicted octanol–water partition coefficient (Wildman–Crippen LogP) is 4.91. The number of rotatable bonds is 6. The zero-order valence-corrected chi connectivity index (χ0v) is 14.0. The standard InChI is InChI=1S/C20H24O3/c1-4-15(16-8-6-5-7-9-16)14-20(2,3)19(22)23-18-12-10-17(21)11-13-18/h5-13,15,21H,4,14H2,1-3H3. The summed E-state index contributed by atoms with van der Waals surface area (Å²) < 4.78 is 5.47. The van der Waals surface area contributed by atoms with Gasteiger partial charge < -0.3 is 9.84 Å². The molecule has 2 aromatic carbocycles. The summed E-state index contributed by atoms with van der Waals surface area (Å²) in [6, 6.07) is 16.5. The molecule has 0 aliphatic heterocycles. The second-order valence-corrected chi connectivity index (χ2v) is 6.49. The van der Waals surface area contributed by atoms with Crippen molar-refractivity contribution >= 4 is 5.97 Å². The first-order valence-electron chi connectivity index (χ1n) is 7.98. The molecule has 0 spiro atoms. The molecule has 0 saturated carbocycles. The molecule has 0 heterocycles. The molecule has 122 valence electrons. The monoisotopic (exact) mass is 312 g/mol. The van der Waals surface area contributed by atoms with Gasteiger partial charge in [-0.25, -0.2) is 0 Å². The SMILES string of the molecule is CCC(CC(C)(C)C(=O)Oc1ccc(O)cc1)c1ccccc1. The topological polar surface area (TPSA) is 46.5 Å². The highest BCUT2D eigenvalue weighted by molar-refractivity contribution is 5.78. The van der Waals surface area contributed by atoms with Crippen molar-refractivity contribution in [1.29, 1.82) is 0 Å². The number of esters is 1. The van der Waals surface area contributed by atoms with E-state index in [4.69, 9.17) is 4.74 Å². The van der Waals surface area contributed by atoms with Crippen LogP contribution in [0.4, 0.5) is 0 Å². The van der Waals surface area contributed by atoms with Crippen molar-refractivity contribution in [2.75, 3.05) is 0 Å². The lowest BCUT2D eigenvalue weighted by Gasteiger charge is -2.27. The first-order valence-corrected chi connectivity index (χ1v) is 7.98. The molecule has 1 atom stereocenters. The van der Waals surface area contributed by atoms with Gasteiger partial charge in [-0.2, -0.15) is 0 Å². The summed E-state index contributed by atoms with van der Waals surface area (Å²) in [5.74, 6) is 0.670. The number of phenolic OH excluding ortho intramolecular Hbond substituents is 1. The van der Waals surface area contributed by atoms with Crippen LogP contribution in [0.3, 0.4) is 0 Å². The van der Waals surface area contributed by atoms with E-state index in [0.29, 0.717) is 11.7 Å². The van der Waals surface area contributed by atoms with Gasteiger partial charge in [0.25, 0.3) is 0 Å². The van der Waals surface area contributed by atoms with Crippen molar-refractivity contribution in [2.45, 2.75) is 39.5 Å².